The highest BCUT2D eigenvalue weighted by molar-refractivity contribution is 5.56. The molecule has 0 saturated carbocycles. The van der Waals surface area contributed by atoms with Gasteiger partial charge in [0.15, 0.2) is 12.6 Å². The number of aliphatic hydroxyl groups is 8. The van der Waals surface area contributed by atoms with Crippen molar-refractivity contribution in [3.8, 4) is 0 Å². The summed E-state index contributed by atoms with van der Waals surface area (Å²) in [6, 6.07) is 0. The number of hydrogen-bond donors (Lipinski definition) is 8. The van der Waals surface area contributed by atoms with Crippen LogP contribution in [0.1, 0.15) is 0 Å². The number of carbonyl (C=O) groups is 1. The molecule has 1 heterocycles. The summed E-state index contributed by atoms with van der Waals surface area (Å²) < 4.78 is 10.1. The van der Waals surface area contributed by atoms with Crippen molar-refractivity contribution in [1.82, 2.24) is 0 Å². The van der Waals surface area contributed by atoms with E-state index in [1.807, 2.05) is 0 Å². The van der Waals surface area contributed by atoms with Gasteiger partial charge in [-0.15, -0.1) is 0 Å². The molecule has 0 amide bonds. The van der Waals surface area contributed by atoms with E-state index in [0.717, 1.165) is 0 Å². The van der Waals surface area contributed by atoms with Crippen molar-refractivity contribution >= 4 is 6.29 Å². The number of aldehydes is 1. The van der Waals surface area contributed by atoms with Crippen LogP contribution >= 0.6 is 0 Å². The number of aliphatic hydroxyl groups excluding tert-OH is 8. The van der Waals surface area contributed by atoms with Gasteiger partial charge in [-0.2, -0.15) is 0 Å². The highest BCUT2D eigenvalue weighted by Gasteiger charge is 2.46. The fraction of sp³-hybridized carbons (Fsp3) is 0.917. The van der Waals surface area contributed by atoms with Crippen molar-refractivity contribution in [3.63, 3.8) is 0 Å². The van der Waals surface area contributed by atoms with E-state index in [1.54, 1.807) is 0 Å². The molecule has 12 heteroatoms. The van der Waals surface area contributed by atoms with E-state index >= 15 is 0 Å². The second-order valence-electron chi connectivity index (χ2n) is 5.17. The summed E-state index contributed by atoms with van der Waals surface area (Å²) in [5.74, 6) is 0. The van der Waals surface area contributed by atoms with Crippen molar-refractivity contribution in [2.24, 2.45) is 0 Å². The van der Waals surface area contributed by atoms with Gasteiger partial charge in [0.2, 0.25) is 0 Å². The molecule has 1 rings (SSSR count). The number of ether oxygens (including phenoxy) is 2. The summed E-state index contributed by atoms with van der Waals surface area (Å²) in [5.41, 5.74) is 0. The minimum absolute atomic E-state index is 0. The molecule has 0 aromatic rings. The molecule has 0 spiro atoms. The maximum Gasteiger partial charge on any atom is 0.187 e. The topological polar surface area (TPSA) is 229 Å². The fourth-order valence-corrected chi connectivity index (χ4v) is 2.11. The van der Waals surface area contributed by atoms with Crippen LogP contribution in [0.15, 0.2) is 0 Å². The first-order valence-corrected chi connectivity index (χ1v) is 6.84. The van der Waals surface area contributed by atoms with Crippen LogP contribution in [-0.2, 0) is 14.3 Å². The molecule has 24 heavy (non-hydrogen) atoms. The molecule has 144 valence electrons. The fourth-order valence-electron chi connectivity index (χ4n) is 2.11. The largest absolute Gasteiger partial charge is 0.412 e. The zero-order valence-electron chi connectivity index (χ0n) is 12.5. The third-order valence-corrected chi connectivity index (χ3v) is 3.53. The van der Waals surface area contributed by atoms with Crippen molar-refractivity contribution in [1.29, 1.82) is 0 Å². The Bertz CT molecular complexity index is 366. The predicted molar refractivity (Wildman–Crippen MR) is 73.4 cm³/mol. The Kier molecular flexibility index (Phi) is 9.94. The minimum Gasteiger partial charge on any atom is -0.412 e. The second-order valence-corrected chi connectivity index (χ2v) is 5.17. The van der Waals surface area contributed by atoms with E-state index in [2.05, 4.69) is 0 Å². The molecule has 0 unspecified atom stereocenters. The standard InChI is InChI=1S/C12H22O11.H2O/c13-1-4(16)7(18)11(5(17)2-14)23-12-10(21)9(20)8(19)6(3-15)22-12;/h1,4-12,14-21H,2-3H2;1H2/t4-,5+,6+,7+,8-,9-,10+,11+,12-;/m0./s1. The highest BCUT2D eigenvalue weighted by Crippen LogP contribution is 2.24. The molecule has 0 aromatic heterocycles. The van der Waals surface area contributed by atoms with Crippen molar-refractivity contribution in [3.05, 3.63) is 0 Å². The Hall–Kier alpha value is -0.770. The molecule has 1 fully saturated rings. The Morgan fingerprint density at radius 3 is 2.08 bits per heavy atom. The Labute approximate surface area is 136 Å². The van der Waals surface area contributed by atoms with Gasteiger partial charge in [-0.05, 0) is 0 Å². The summed E-state index contributed by atoms with van der Waals surface area (Å²) in [5, 5.41) is 75.7. The maximum absolute atomic E-state index is 10.5. The van der Waals surface area contributed by atoms with E-state index in [1.165, 1.54) is 0 Å². The highest BCUT2D eigenvalue weighted by atomic mass is 16.7. The third-order valence-electron chi connectivity index (χ3n) is 3.53. The lowest BCUT2D eigenvalue weighted by molar-refractivity contribution is -0.326. The van der Waals surface area contributed by atoms with Gasteiger partial charge in [0.25, 0.3) is 0 Å². The van der Waals surface area contributed by atoms with E-state index in [9.17, 15) is 35.4 Å². The van der Waals surface area contributed by atoms with Crippen LogP contribution in [0, 0.1) is 0 Å². The third kappa shape index (κ3) is 5.11. The van der Waals surface area contributed by atoms with Crippen LogP contribution in [0.2, 0.25) is 0 Å². The van der Waals surface area contributed by atoms with Gasteiger partial charge < -0.3 is 60.6 Å². The summed E-state index contributed by atoms with van der Waals surface area (Å²) in [7, 11) is 0. The zero-order valence-corrected chi connectivity index (χ0v) is 12.5. The molecular formula is C12H24O12. The summed E-state index contributed by atoms with van der Waals surface area (Å²) in [6.07, 6.45) is -15.7. The monoisotopic (exact) mass is 360 g/mol. The van der Waals surface area contributed by atoms with E-state index in [0.29, 0.717) is 0 Å². The van der Waals surface area contributed by atoms with Crippen LogP contribution in [0.3, 0.4) is 0 Å². The molecular weight excluding hydrogens is 336 g/mol. The Balaban J connectivity index is 0.00000529. The maximum atomic E-state index is 10.5. The normalized spacial score (nSPS) is 35.4. The lowest BCUT2D eigenvalue weighted by Gasteiger charge is -2.42. The number of carbonyl (C=O) groups excluding carboxylic acids is 1. The minimum atomic E-state index is -1.97. The van der Waals surface area contributed by atoms with Crippen LogP contribution in [0.4, 0.5) is 0 Å². The van der Waals surface area contributed by atoms with E-state index in [-0.39, 0.29) is 11.8 Å². The zero-order chi connectivity index (χ0) is 17.7. The Morgan fingerprint density at radius 1 is 1.04 bits per heavy atom. The van der Waals surface area contributed by atoms with Crippen molar-refractivity contribution in [2.45, 2.75) is 55.1 Å². The second kappa shape index (κ2) is 10.3. The van der Waals surface area contributed by atoms with Gasteiger partial charge in [0, 0.05) is 0 Å². The molecule has 0 bridgehead atoms. The van der Waals surface area contributed by atoms with Gasteiger partial charge in [-0.3, -0.25) is 0 Å². The first-order chi connectivity index (χ1) is 10.8. The van der Waals surface area contributed by atoms with Crippen LogP contribution in [0.5, 0.6) is 0 Å². The first-order valence-electron chi connectivity index (χ1n) is 6.84. The van der Waals surface area contributed by atoms with Gasteiger partial charge in [-0.1, -0.05) is 0 Å². The van der Waals surface area contributed by atoms with Gasteiger partial charge in [0.1, 0.15) is 48.8 Å². The van der Waals surface area contributed by atoms with E-state index in [4.69, 9.17) is 19.7 Å². The lowest BCUT2D eigenvalue weighted by atomic mass is 9.98. The molecule has 0 aliphatic carbocycles. The van der Waals surface area contributed by atoms with Crippen LogP contribution < -0.4 is 0 Å². The molecule has 0 radical (unpaired) electrons. The average molecular weight is 360 g/mol. The lowest BCUT2D eigenvalue weighted by Crippen LogP contribution is -2.61. The first kappa shape index (κ1) is 23.2. The molecule has 1 aliphatic heterocycles. The predicted octanol–water partition coefficient (Wildman–Crippen LogP) is -6.38. The number of hydrogen-bond acceptors (Lipinski definition) is 11. The smallest absolute Gasteiger partial charge is 0.187 e. The van der Waals surface area contributed by atoms with Gasteiger partial charge in [0.05, 0.1) is 13.2 Å². The Morgan fingerprint density at radius 2 is 1.62 bits per heavy atom. The van der Waals surface area contributed by atoms with Crippen LogP contribution in [0.25, 0.3) is 0 Å². The number of rotatable bonds is 8. The van der Waals surface area contributed by atoms with E-state index < -0.39 is 68.3 Å². The van der Waals surface area contributed by atoms with Gasteiger partial charge >= 0.3 is 0 Å². The molecule has 0 aromatic carbocycles. The molecule has 12 nitrogen and oxygen atoms in total. The molecule has 1 saturated heterocycles. The summed E-state index contributed by atoms with van der Waals surface area (Å²) >= 11 is 0. The SMILES string of the molecule is O.O=C[C@H](O)[C@@H](O)[C@H](O[C@@H]1O[C@H](CO)[C@H](O)[C@H](O)[C@H]1O)[C@H](O)CO. The van der Waals surface area contributed by atoms with Gasteiger partial charge in [-0.25, -0.2) is 0 Å². The van der Waals surface area contributed by atoms with Crippen LogP contribution in [-0.4, -0.2) is 121 Å². The molecule has 9 atom stereocenters. The molecule has 1 aliphatic rings. The quantitative estimate of drug-likeness (QED) is 0.190. The average Bonchev–Trinajstić information content (AvgIpc) is 2.57. The molecule has 10 N–H and O–H groups in total. The summed E-state index contributed by atoms with van der Waals surface area (Å²) in [6.45, 7) is -1.64. The summed E-state index contributed by atoms with van der Waals surface area (Å²) in [4.78, 5) is 10.5. The van der Waals surface area contributed by atoms with Crippen molar-refractivity contribution < 1.29 is 60.6 Å². The van der Waals surface area contributed by atoms with Crippen molar-refractivity contribution in [2.75, 3.05) is 13.2 Å².